The van der Waals surface area contributed by atoms with E-state index >= 15 is 0 Å². The van der Waals surface area contributed by atoms with E-state index in [0.717, 1.165) is 38.9 Å². The quantitative estimate of drug-likeness (QED) is 0.257. The third kappa shape index (κ3) is 3.53. The first-order chi connectivity index (χ1) is 16.1. The smallest absolute Gasteiger partial charge is 0.355 e. The third-order valence-electron chi connectivity index (χ3n) is 7.82. The van der Waals surface area contributed by atoms with Crippen LogP contribution in [0.25, 0.3) is 10.9 Å². The summed E-state index contributed by atoms with van der Waals surface area (Å²) in [7, 11) is 1.34. The molecule has 1 aromatic heterocycles. The van der Waals surface area contributed by atoms with E-state index in [-0.39, 0.29) is 17.2 Å². The molecule has 0 unspecified atom stereocenters. The maximum Gasteiger partial charge on any atom is 0.355 e. The van der Waals surface area contributed by atoms with E-state index in [1.807, 2.05) is 0 Å². The van der Waals surface area contributed by atoms with Crippen molar-refractivity contribution < 1.29 is 14.7 Å². The fraction of sp³-hybridized carbons (Fsp3) is 0.407. The lowest BCUT2D eigenvalue weighted by Gasteiger charge is -2.41. The van der Waals surface area contributed by atoms with Crippen LogP contribution < -0.4 is 0 Å². The Kier molecular flexibility index (Phi) is 5.71. The molecule has 3 aromatic rings. The van der Waals surface area contributed by atoms with Gasteiger partial charge in [0.25, 0.3) is 0 Å². The van der Waals surface area contributed by atoms with Gasteiger partial charge in [-0.1, -0.05) is 60.6 Å². The highest BCUT2D eigenvalue weighted by molar-refractivity contribution is 6.36. The molecule has 0 saturated carbocycles. The van der Waals surface area contributed by atoms with E-state index in [1.54, 1.807) is 0 Å². The van der Waals surface area contributed by atoms with Crippen LogP contribution in [0.4, 0.5) is 0 Å². The number of esters is 1. The molecule has 0 spiro atoms. The molecular formula is C27H31N3O3. The molecule has 2 aliphatic rings. The number of nitrogens with zero attached hydrogens (tertiary/aromatic N) is 3. The molecule has 1 fully saturated rings. The number of hydrogen-bond acceptors (Lipinski definition) is 5. The van der Waals surface area contributed by atoms with Crippen LogP contribution >= 0.6 is 0 Å². The molecule has 5 rings (SSSR count). The highest BCUT2D eigenvalue weighted by Crippen LogP contribution is 2.55. The van der Waals surface area contributed by atoms with Gasteiger partial charge >= 0.3 is 5.97 Å². The minimum absolute atomic E-state index is 0.110. The number of carbonyl (C=O) groups is 1. The van der Waals surface area contributed by atoms with Gasteiger partial charge in [-0.05, 0) is 48.4 Å². The minimum atomic E-state index is -0.551. The van der Waals surface area contributed by atoms with Gasteiger partial charge in [-0.15, -0.1) is 0 Å². The average molecular weight is 446 g/mol. The molecule has 1 N–H and O–H groups in total. The van der Waals surface area contributed by atoms with E-state index < -0.39 is 5.97 Å². The predicted octanol–water partition coefficient (Wildman–Crippen LogP) is 4.78. The van der Waals surface area contributed by atoms with Crippen LogP contribution in [0.5, 0.6) is 0 Å². The lowest BCUT2D eigenvalue weighted by Crippen LogP contribution is -2.40. The van der Waals surface area contributed by atoms with Gasteiger partial charge in [0.2, 0.25) is 0 Å². The van der Waals surface area contributed by atoms with Crippen molar-refractivity contribution in [1.82, 2.24) is 9.47 Å². The van der Waals surface area contributed by atoms with Crippen molar-refractivity contribution in [2.45, 2.75) is 45.2 Å². The Morgan fingerprint density at radius 3 is 2.64 bits per heavy atom. The number of hydrogen-bond donors (Lipinski definition) is 1. The number of oxime groups is 1. The van der Waals surface area contributed by atoms with Crippen LogP contribution in [0.3, 0.4) is 0 Å². The van der Waals surface area contributed by atoms with Gasteiger partial charge in [0.05, 0.1) is 13.2 Å². The molecule has 0 bridgehead atoms. The number of methoxy groups -OCH3 is 1. The van der Waals surface area contributed by atoms with Crippen molar-refractivity contribution >= 4 is 22.6 Å². The number of fused-ring (bicyclic) bond motifs is 5. The minimum Gasteiger partial charge on any atom is -0.464 e. The van der Waals surface area contributed by atoms with E-state index in [0.29, 0.717) is 6.42 Å². The Morgan fingerprint density at radius 2 is 1.91 bits per heavy atom. The van der Waals surface area contributed by atoms with E-state index in [1.165, 1.54) is 34.8 Å². The second kappa shape index (κ2) is 8.67. The molecule has 2 atom stereocenters. The van der Waals surface area contributed by atoms with Crippen LogP contribution in [-0.4, -0.2) is 46.6 Å². The first-order valence-corrected chi connectivity index (χ1v) is 11.8. The van der Waals surface area contributed by atoms with E-state index in [2.05, 4.69) is 76.1 Å². The monoisotopic (exact) mass is 445 g/mol. The summed E-state index contributed by atoms with van der Waals surface area (Å²) in [5.41, 5.74) is 5.21. The highest BCUT2D eigenvalue weighted by atomic mass is 16.5. The normalized spacial score (nSPS) is 22.8. The maximum atomic E-state index is 12.3. The molecule has 1 saturated heterocycles. The molecule has 2 aromatic carbocycles. The van der Waals surface area contributed by atoms with E-state index in [4.69, 9.17) is 4.74 Å². The van der Waals surface area contributed by atoms with Crippen LogP contribution in [0.1, 0.15) is 49.0 Å². The van der Waals surface area contributed by atoms with Crippen molar-refractivity contribution in [3.8, 4) is 0 Å². The summed E-state index contributed by atoms with van der Waals surface area (Å²) >= 11 is 0. The first kappa shape index (κ1) is 21.7. The van der Waals surface area contributed by atoms with Crippen molar-refractivity contribution in [2.75, 3.05) is 20.2 Å². The number of rotatable bonds is 6. The van der Waals surface area contributed by atoms with Crippen LogP contribution in [0.2, 0.25) is 0 Å². The van der Waals surface area contributed by atoms with Crippen LogP contribution in [0, 0.1) is 5.41 Å². The Bertz CT molecular complexity index is 1200. The highest BCUT2D eigenvalue weighted by Gasteiger charge is 2.51. The summed E-state index contributed by atoms with van der Waals surface area (Å²) in [4.78, 5) is 14.9. The van der Waals surface area contributed by atoms with Gasteiger partial charge in [0.1, 0.15) is 0 Å². The Morgan fingerprint density at radius 1 is 1.15 bits per heavy atom. The molecule has 33 heavy (non-hydrogen) atoms. The molecule has 2 aliphatic heterocycles. The number of carbonyl (C=O) groups excluding carboxylic acids is 1. The fourth-order valence-electron chi connectivity index (χ4n) is 6.17. The van der Waals surface area contributed by atoms with Gasteiger partial charge < -0.3 is 14.5 Å². The van der Waals surface area contributed by atoms with Gasteiger partial charge in [-0.25, -0.2) is 4.79 Å². The van der Waals surface area contributed by atoms with Crippen LogP contribution in [0.15, 0.2) is 59.8 Å². The summed E-state index contributed by atoms with van der Waals surface area (Å²) in [5, 5.41) is 14.3. The maximum absolute atomic E-state index is 12.3. The summed E-state index contributed by atoms with van der Waals surface area (Å²) < 4.78 is 7.40. The molecule has 6 nitrogen and oxygen atoms in total. The van der Waals surface area contributed by atoms with Crippen LogP contribution in [-0.2, 0) is 22.5 Å². The number of ether oxygens (including phenoxy) is 1. The van der Waals surface area contributed by atoms with Gasteiger partial charge in [0.15, 0.2) is 5.71 Å². The lowest BCUT2D eigenvalue weighted by molar-refractivity contribution is -0.133. The number of benzene rings is 2. The molecule has 3 heterocycles. The Hall–Kier alpha value is -3.12. The summed E-state index contributed by atoms with van der Waals surface area (Å²) in [6.45, 7) is 4.97. The Labute approximate surface area is 194 Å². The zero-order valence-corrected chi connectivity index (χ0v) is 19.3. The fourth-order valence-corrected chi connectivity index (χ4v) is 6.17. The van der Waals surface area contributed by atoms with Gasteiger partial charge in [0, 0.05) is 36.1 Å². The summed E-state index contributed by atoms with van der Waals surface area (Å²) in [5.74, 6) is -0.551. The summed E-state index contributed by atoms with van der Waals surface area (Å²) in [6, 6.07) is 19.4. The van der Waals surface area contributed by atoms with Crippen molar-refractivity contribution in [3.63, 3.8) is 0 Å². The second-order valence-corrected chi connectivity index (χ2v) is 9.32. The molecular weight excluding hydrogens is 414 g/mol. The first-order valence-electron chi connectivity index (χ1n) is 11.8. The molecule has 0 amide bonds. The topological polar surface area (TPSA) is 67.1 Å². The Balaban J connectivity index is 1.67. The van der Waals surface area contributed by atoms with E-state index in [9.17, 15) is 10.0 Å². The SMILES string of the molecule is CC[C@]1(CC(=NO)C(=O)OC)CCN2CCc3c(n(Cc4ccccc4)c4ccccc34)[C@@H]21. The molecule has 6 heteroatoms. The zero-order valence-electron chi connectivity index (χ0n) is 19.3. The third-order valence-corrected chi connectivity index (χ3v) is 7.82. The van der Waals surface area contributed by atoms with Crippen molar-refractivity contribution in [2.24, 2.45) is 10.6 Å². The molecule has 0 radical (unpaired) electrons. The predicted molar refractivity (Wildman–Crippen MR) is 129 cm³/mol. The number of aromatic nitrogens is 1. The van der Waals surface area contributed by atoms with Crippen molar-refractivity contribution in [1.29, 1.82) is 0 Å². The summed E-state index contributed by atoms with van der Waals surface area (Å²) in [6.07, 6.45) is 3.26. The number of para-hydroxylation sites is 1. The average Bonchev–Trinajstić information content (AvgIpc) is 3.39. The van der Waals surface area contributed by atoms with Crippen molar-refractivity contribution in [3.05, 3.63) is 71.4 Å². The van der Waals surface area contributed by atoms with Gasteiger partial charge in [-0.3, -0.25) is 4.90 Å². The molecule has 0 aliphatic carbocycles. The largest absolute Gasteiger partial charge is 0.464 e. The second-order valence-electron chi connectivity index (χ2n) is 9.32. The molecule has 172 valence electrons. The zero-order chi connectivity index (χ0) is 23.0. The van der Waals surface area contributed by atoms with Gasteiger partial charge in [-0.2, -0.15) is 0 Å². The lowest BCUT2D eigenvalue weighted by atomic mass is 9.71. The standard InChI is InChI=1S/C27H31N3O3/c1-3-27(17-22(28-32)26(31)33-2)14-16-29-15-13-21-20-11-7-8-12-23(20)30(24(21)25(27)29)18-19-9-5-4-6-10-19/h4-12,25,32H,3,13-18H2,1-2H3/t25-,27-/m1/s1.